The smallest absolute Gasteiger partial charge is 0.146 e. The maximum Gasteiger partial charge on any atom is 0.146 e. The number of methoxy groups -OCH3 is 1. The van der Waals surface area contributed by atoms with Gasteiger partial charge in [0.25, 0.3) is 0 Å². The van der Waals surface area contributed by atoms with Gasteiger partial charge in [-0.15, -0.1) is 0 Å². The quantitative estimate of drug-likeness (QED) is 0.736. The van der Waals surface area contributed by atoms with Crippen molar-refractivity contribution in [2.24, 2.45) is 0 Å². The molecule has 5 nitrogen and oxygen atoms in total. The molecule has 0 aliphatic carbocycles. The minimum Gasteiger partial charge on any atom is -0.383 e. The number of rotatable bonds is 6. The average molecular weight is 230 g/mol. The molecule has 0 radical (unpaired) electrons. The van der Waals surface area contributed by atoms with Crippen molar-refractivity contribution in [2.45, 2.75) is 6.42 Å². The van der Waals surface area contributed by atoms with Gasteiger partial charge in [-0.25, -0.2) is 4.98 Å². The van der Waals surface area contributed by atoms with Crippen LogP contribution in [-0.4, -0.2) is 31.8 Å². The Hall–Kier alpha value is -2.11. The zero-order chi connectivity index (χ0) is 12.5. The monoisotopic (exact) mass is 230 g/mol. The summed E-state index contributed by atoms with van der Waals surface area (Å²) in [5.41, 5.74) is 0.515. The average Bonchev–Trinajstić information content (AvgIpc) is 2.39. The van der Waals surface area contributed by atoms with Crippen molar-refractivity contribution in [3.8, 4) is 12.1 Å². The molecule has 0 saturated carbocycles. The van der Waals surface area contributed by atoms with E-state index in [1.807, 2.05) is 4.90 Å². The molecular formula is C12H14N4O. The lowest BCUT2D eigenvalue weighted by Gasteiger charge is -2.22. The first-order chi connectivity index (χ1) is 8.33. The second kappa shape index (κ2) is 7.21. The fraction of sp³-hybridized carbons (Fsp3) is 0.417. The van der Waals surface area contributed by atoms with Gasteiger partial charge < -0.3 is 9.64 Å². The lowest BCUT2D eigenvalue weighted by atomic mass is 10.2. The molecule has 0 spiro atoms. The van der Waals surface area contributed by atoms with Crippen LogP contribution in [0.3, 0.4) is 0 Å². The first-order valence-electron chi connectivity index (χ1n) is 5.29. The molecule has 0 amide bonds. The fourth-order valence-electron chi connectivity index (χ4n) is 1.45. The summed E-state index contributed by atoms with van der Waals surface area (Å²) in [6.45, 7) is 1.70. The first kappa shape index (κ1) is 13.0. The highest BCUT2D eigenvalue weighted by molar-refractivity contribution is 5.53. The number of hydrogen-bond donors (Lipinski definition) is 0. The molecule has 17 heavy (non-hydrogen) atoms. The summed E-state index contributed by atoms with van der Waals surface area (Å²) in [6, 6.07) is 7.63. The van der Waals surface area contributed by atoms with Crippen molar-refractivity contribution in [1.29, 1.82) is 10.5 Å². The van der Waals surface area contributed by atoms with Crippen molar-refractivity contribution in [3.63, 3.8) is 0 Å². The maximum absolute atomic E-state index is 9.01. The van der Waals surface area contributed by atoms with Crippen molar-refractivity contribution < 1.29 is 4.74 Å². The van der Waals surface area contributed by atoms with Crippen molar-refractivity contribution in [3.05, 3.63) is 23.9 Å². The number of aromatic nitrogens is 1. The third kappa shape index (κ3) is 3.75. The van der Waals surface area contributed by atoms with Gasteiger partial charge in [-0.2, -0.15) is 10.5 Å². The van der Waals surface area contributed by atoms with E-state index >= 15 is 0 Å². The van der Waals surface area contributed by atoms with Gasteiger partial charge in [0.1, 0.15) is 11.9 Å². The summed E-state index contributed by atoms with van der Waals surface area (Å²) >= 11 is 0. The molecule has 1 heterocycles. The van der Waals surface area contributed by atoms with E-state index < -0.39 is 0 Å². The van der Waals surface area contributed by atoms with Crippen LogP contribution in [0.2, 0.25) is 0 Å². The predicted octanol–water partition coefficient (Wildman–Crippen LogP) is 1.32. The van der Waals surface area contributed by atoms with Crippen molar-refractivity contribution in [1.82, 2.24) is 4.98 Å². The van der Waals surface area contributed by atoms with Crippen LogP contribution < -0.4 is 4.90 Å². The van der Waals surface area contributed by atoms with Crippen LogP contribution in [-0.2, 0) is 4.74 Å². The maximum atomic E-state index is 9.01. The summed E-state index contributed by atoms with van der Waals surface area (Å²) in [4.78, 5) is 6.09. The number of pyridine rings is 1. The lowest BCUT2D eigenvalue weighted by Crippen LogP contribution is -2.29. The highest BCUT2D eigenvalue weighted by Crippen LogP contribution is 2.16. The van der Waals surface area contributed by atoms with E-state index in [4.69, 9.17) is 15.3 Å². The van der Waals surface area contributed by atoms with Gasteiger partial charge in [-0.1, -0.05) is 0 Å². The van der Waals surface area contributed by atoms with E-state index in [-0.39, 0.29) is 0 Å². The number of anilines is 1. The molecule has 0 bridgehead atoms. The van der Waals surface area contributed by atoms with E-state index in [1.54, 1.807) is 25.4 Å². The molecule has 1 aromatic rings. The van der Waals surface area contributed by atoms with E-state index in [0.717, 1.165) is 0 Å². The second-order valence-corrected chi connectivity index (χ2v) is 3.37. The predicted molar refractivity (Wildman–Crippen MR) is 63.3 cm³/mol. The van der Waals surface area contributed by atoms with Gasteiger partial charge in [0.05, 0.1) is 24.7 Å². The number of nitriles is 2. The molecule has 0 fully saturated rings. The van der Waals surface area contributed by atoms with Gasteiger partial charge in [0, 0.05) is 26.4 Å². The molecule has 0 aliphatic rings. The van der Waals surface area contributed by atoms with E-state index in [1.165, 1.54) is 0 Å². The minimum absolute atomic E-state index is 0.394. The molecule has 0 saturated heterocycles. The van der Waals surface area contributed by atoms with Gasteiger partial charge in [0.15, 0.2) is 0 Å². The Morgan fingerprint density at radius 1 is 1.41 bits per heavy atom. The number of hydrogen-bond acceptors (Lipinski definition) is 5. The topological polar surface area (TPSA) is 72.9 Å². The fourth-order valence-corrected chi connectivity index (χ4v) is 1.45. The van der Waals surface area contributed by atoms with Crippen LogP contribution >= 0.6 is 0 Å². The molecule has 0 aromatic carbocycles. The SMILES string of the molecule is COCCN(CCC#N)c1ncccc1C#N. The van der Waals surface area contributed by atoms with E-state index in [9.17, 15) is 0 Å². The molecule has 0 unspecified atom stereocenters. The Morgan fingerprint density at radius 2 is 2.24 bits per heavy atom. The largest absolute Gasteiger partial charge is 0.383 e. The van der Waals surface area contributed by atoms with Crippen molar-refractivity contribution in [2.75, 3.05) is 31.7 Å². The third-order valence-corrected chi connectivity index (χ3v) is 2.27. The summed E-state index contributed by atoms with van der Waals surface area (Å²) in [7, 11) is 1.62. The van der Waals surface area contributed by atoms with Crippen LogP contribution in [0.25, 0.3) is 0 Å². The number of nitrogens with zero attached hydrogens (tertiary/aromatic N) is 4. The molecule has 5 heteroatoms. The molecule has 0 N–H and O–H groups in total. The highest BCUT2D eigenvalue weighted by Gasteiger charge is 2.11. The lowest BCUT2D eigenvalue weighted by molar-refractivity contribution is 0.205. The highest BCUT2D eigenvalue weighted by atomic mass is 16.5. The Bertz CT molecular complexity index is 433. The van der Waals surface area contributed by atoms with Crippen LogP contribution in [0, 0.1) is 22.7 Å². The minimum atomic E-state index is 0.394. The van der Waals surface area contributed by atoms with E-state index in [2.05, 4.69) is 17.1 Å². The Morgan fingerprint density at radius 3 is 2.88 bits per heavy atom. The molecule has 1 aromatic heterocycles. The summed E-state index contributed by atoms with van der Waals surface area (Å²) in [6.07, 6.45) is 2.04. The van der Waals surface area contributed by atoms with Crippen LogP contribution in [0.4, 0.5) is 5.82 Å². The van der Waals surface area contributed by atoms with Gasteiger partial charge >= 0.3 is 0 Å². The third-order valence-electron chi connectivity index (χ3n) is 2.27. The molecule has 0 aliphatic heterocycles. The summed E-state index contributed by atoms with van der Waals surface area (Å²) in [5, 5.41) is 17.6. The number of ether oxygens (including phenoxy) is 1. The Balaban J connectivity index is 2.88. The van der Waals surface area contributed by atoms with Gasteiger partial charge in [-0.3, -0.25) is 0 Å². The Kier molecular flexibility index (Phi) is 5.50. The molecule has 0 atom stereocenters. The molecule has 88 valence electrons. The van der Waals surface area contributed by atoms with Crippen LogP contribution in [0.1, 0.15) is 12.0 Å². The van der Waals surface area contributed by atoms with Gasteiger partial charge in [0.2, 0.25) is 0 Å². The van der Waals surface area contributed by atoms with Crippen molar-refractivity contribution >= 4 is 5.82 Å². The standard InChI is InChI=1S/C12H14N4O/c1-17-9-8-16(7-3-5-13)12-11(10-14)4-2-6-15-12/h2,4,6H,3,7-9H2,1H3. The summed E-state index contributed by atoms with van der Waals surface area (Å²) in [5.74, 6) is 0.613. The second-order valence-electron chi connectivity index (χ2n) is 3.37. The van der Waals surface area contributed by atoms with Crippen LogP contribution in [0.5, 0.6) is 0 Å². The zero-order valence-corrected chi connectivity index (χ0v) is 9.76. The normalized spacial score (nSPS) is 9.35. The molecular weight excluding hydrogens is 216 g/mol. The molecule has 1 rings (SSSR count). The van der Waals surface area contributed by atoms with E-state index in [0.29, 0.717) is 37.5 Å². The summed E-state index contributed by atoms with van der Waals surface area (Å²) < 4.78 is 5.01. The Labute approximate surface area is 101 Å². The first-order valence-corrected chi connectivity index (χ1v) is 5.29. The van der Waals surface area contributed by atoms with Gasteiger partial charge in [-0.05, 0) is 12.1 Å². The zero-order valence-electron chi connectivity index (χ0n) is 9.76. The van der Waals surface area contributed by atoms with Crippen LogP contribution in [0.15, 0.2) is 18.3 Å².